The SMILES string of the molecule is COCC(=O)N(CCN(C)C)Cc1cc(-c2cc(OC)ccc2OC)on1. The highest BCUT2D eigenvalue weighted by atomic mass is 16.5. The number of carbonyl (C=O) groups excluding carboxylic acids is 1. The molecule has 0 saturated carbocycles. The molecule has 8 heteroatoms. The topological polar surface area (TPSA) is 77.3 Å². The van der Waals surface area contributed by atoms with Gasteiger partial charge in [-0.15, -0.1) is 0 Å². The largest absolute Gasteiger partial charge is 0.497 e. The minimum Gasteiger partial charge on any atom is -0.497 e. The van der Waals surface area contributed by atoms with Crippen LogP contribution in [-0.4, -0.2) is 76.0 Å². The molecule has 0 radical (unpaired) electrons. The zero-order valence-electron chi connectivity index (χ0n) is 16.5. The third kappa shape index (κ3) is 5.70. The van der Waals surface area contributed by atoms with E-state index in [1.807, 2.05) is 37.2 Å². The lowest BCUT2D eigenvalue weighted by atomic mass is 10.1. The summed E-state index contributed by atoms with van der Waals surface area (Å²) in [5.41, 5.74) is 1.39. The number of rotatable bonds is 10. The van der Waals surface area contributed by atoms with E-state index in [-0.39, 0.29) is 12.5 Å². The average molecular weight is 377 g/mol. The average Bonchev–Trinajstić information content (AvgIpc) is 3.13. The van der Waals surface area contributed by atoms with Crippen LogP contribution in [-0.2, 0) is 16.1 Å². The van der Waals surface area contributed by atoms with Crippen LogP contribution in [0.15, 0.2) is 28.8 Å². The summed E-state index contributed by atoms with van der Waals surface area (Å²) < 4.78 is 21.1. The van der Waals surface area contributed by atoms with Crippen LogP contribution in [0.25, 0.3) is 11.3 Å². The maximum absolute atomic E-state index is 12.3. The number of hydrogen-bond acceptors (Lipinski definition) is 7. The number of benzene rings is 1. The predicted octanol–water partition coefficient (Wildman–Crippen LogP) is 1.90. The number of likely N-dealkylation sites (N-methyl/N-ethyl adjacent to an activating group) is 1. The molecule has 1 aromatic carbocycles. The monoisotopic (exact) mass is 377 g/mol. The van der Waals surface area contributed by atoms with Gasteiger partial charge in [-0.3, -0.25) is 4.79 Å². The lowest BCUT2D eigenvalue weighted by Crippen LogP contribution is -2.38. The van der Waals surface area contributed by atoms with Crippen LogP contribution < -0.4 is 9.47 Å². The van der Waals surface area contributed by atoms with Crippen molar-refractivity contribution in [2.45, 2.75) is 6.54 Å². The number of hydrogen-bond donors (Lipinski definition) is 0. The maximum Gasteiger partial charge on any atom is 0.248 e. The summed E-state index contributed by atoms with van der Waals surface area (Å²) in [7, 11) is 8.62. The second kappa shape index (κ2) is 9.94. The van der Waals surface area contributed by atoms with Crippen molar-refractivity contribution >= 4 is 5.91 Å². The molecule has 0 fully saturated rings. The highest BCUT2D eigenvalue weighted by Crippen LogP contribution is 2.33. The van der Waals surface area contributed by atoms with Gasteiger partial charge in [0, 0.05) is 26.3 Å². The Morgan fingerprint density at radius 3 is 2.52 bits per heavy atom. The van der Waals surface area contributed by atoms with E-state index >= 15 is 0 Å². The zero-order chi connectivity index (χ0) is 19.8. The second-order valence-electron chi connectivity index (χ2n) is 6.30. The van der Waals surface area contributed by atoms with Crippen LogP contribution in [0.3, 0.4) is 0 Å². The number of nitrogens with zero attached hydrogens (tertiary/aromatic N) is 3. The van der Waals surface area contributed by atoms with Gasteiger partial charge < -0.3 is 28.5 Å². The molecular weight excluding hydrogens is 350 g/mol. The number of aromatic nitrogens is 1. The summed E-state index contributed by atoms with van der Waals surface area (Å²) in [5, 5.41) is 4.11. The molecule has 0 saturated heterocycles. The van der Waals surface area contributed by atoms with E-state index in [2.05, 4.69) is 5.16 Å². The first-order valence-electron chi connectivity index (χ1n) is 8.58. The molecule has 1 aromatic heterocycles. The fraction of sp³-hybridized carbons (Fsp3) is 0.474. The summed E-state index contributed by atoms with van der Waals surface area (Å²) in [6, 6.07) is 7.25. The second-order valence-corrected chi connectivity index (χ2v) is 6.30. The van der Waals surface area contributed by atoms with Gasteiger partial charge in [-0.25, -0.2) is 0 Å². The maximum atomic E-state index is 12.3. The highest BCUT2D eigenvalue weighted by molar-refractivity contribution is 5.77. The molecule has 1 amide bonds. The minimum absolute atomic E-state index is 0.0296. The number of methoxy groups -OCH3 is 3. The van der Waals surface area contributed by atoms with Crippen LogP contribution in [0, 0.1) is 0 Å². The Morgan fingerprint density at radius 1 is 1.11 bits per heavy atom. The Balaban J connectivity index is 2.21. The van der Waals surface area contributed by atoms with Crippen molar-refractivity contribution in [3.8, 4) is 22.8 Å². The quantitative estimate of drug-likeness (QED) is 0.626. The van der Waals surface area contributed by atoms with Gasteiger partial charge in [0.05, 0.1) is 26.3 Å². The van der Waals surface area contributed by atoms with Crippen molar-refractivity contribution in [1.29, 1.82) is 0 Å². The first kappa shape index (κ1) is 20.7. The van der Waals surface area contributed by atoms with E-state index < -0.39 is 0 Å². The van der Waals surface area contributed by atoms with Gasteiger partial charge >= 0.3 is 0 Å². The van der Waals surface area contributed by atoms with Crippen molar-refractivity contribution in [1.82, 2.24) is 15.0 Å². The standard InChI is InChI=1S/C19H27N3O5/c1-21(2)8-9-22(19(23)13-24-3)12-14-10-18(27-20-14)16-11-15(25-4)6-7-17(16)26-5/h6-7,10-11H,8-9,12-13H2,1-5H3. The zero-order valence-corrected chi connectivity index (χ0v) is 16.5. The van der Waals surface area contributed by atoms with E-state index in [1.165, 1.54) is 7.11 Å². The molecule has 0 aliphatic carbocycles. The fourth-order valence-corrected chi connectivity index (χ4v) is 2.54. The Bertz CT molecular complexity index is 745. The van der Waals surface area contributed by atoms with Gasteiger partial charge in [0.15, 0.2) is 5.76 Å². The molecule has 0 spiro atoms. The summed E-state index contributed by atoms with van der Waals surface area (Å²) in [4.78, 5) is 16.0. The molecule has 148 valence electrons. The minimum atomic E-state index is -0.0946. The van der Waals surface area contributed by atoms with Crippen molar-refractivity contribution < 1.29 is 23.5 Å². The summed E-state index contributed by atoms with van der Waals surface area (Å²) >= 11 is 0. The van der Waals surface area contributed by atoms with Crippen LogP contribution in [0.5, 0.6) is 11.5 Å². The van der Waals surface area contributed by atoms with E-state index in [0.29, 0.717) is 36.0 Å². The normalized spacial score (nSPS) is 10.9. The smallest absolute Gasteiger partial charge is 0.248 e. The molecule has 0 unspecified atom stereocenters. The van der Waals surface area contributed by atoms with E-state index in [9.17, 15) is 4.79 Å². The summed E-state index contributed by atoms with van der Waals surface area (Å²) in [6.45, 7) is 1.68. The van der Waals surface area contributed by atoms with Gasteiger partial charge in [-0.2, -0.15) is 0 Å². The van der Waals surface area contributed by atoms with Crippen LogP contribution >= 0.6 is 0 Å². The van der Waals surface area contributed by atoms with Crippen molar-refractivity contribution in [3.63, 3.8) is 0 Å². The van der Waals surface area contributed by atoms with Gasteiger partial charge in [-0.1, -0.05) is 5.16 Å². The Morgan fingerprint density at radius 2 is 1.89 bits per heavy atom. The number of carbonyl (C=O) groups is 1. The molecule has 27 heavy (non-hydrogen) atoms. The molecule has 8 nitrogen and oxygen atoms in total. The number of ether oxygens (including phenoxy) is 3. The Kier molecular flexibility index (Phi) is 7.63. The Hall–Kier alpha value is -2.58. The third-order valence-corrected chi connectivity index (χ3v) is 4.02. The molecule has 2 rings (SSSR count). The van der Waals surface area contributed by atoms with E-state index in [0.717, 1.165) is 12.1 Å². The van der Waals surface area contributed by atoms with E-state index in [1.54, 1.807) is 25.2 Å². The van der Waals surface area contributed by atoms with Gasteiger partial charge in [0.2, 0.25) is 5.91 Å². The van der Waals surface area contributed by atoms with Crippen LogP contribution in [0.4, 0.5) is 0 Å². The predicted molar refractivity (Wildman–Crippen MR) is 101 cm³/mol. The fourth-order valence-electron chi connectivity index (χ4n) is 2.54. The summed E-state index contributed by atoms with van der Waals surface area (Å²) in [5.74, 6) is 1.79. The summed E-state index contributed by atoms with van der Waals surface area (Å²) in [6.07, 6.45) is 0. The lowest BCUT2D eigenvalue weighted by Gasteiger charge is -2.23. The van der Waals surface area contributed by atoms with Gasteiger partial charge in [0.1, 0.15) is 23.8 Å². The first-order valence-corrected chi connectivity index (χ1v) is 8.58. The van der Waals surface area contributed by atoms with Gasteiger partial charge in [0.25, 0.3) is 0 Å². The highest BCUT2D eigenvalue weighted by Gasteiger charge is 2.18. The molecule has 0 aliphatic heterocycles. The molecule has 0 bridgehead atoms. The first-order chi connectivity index (χ1) is 13.0. The Labute approximate surface area is 159 Å². The van der Waals surface area contributed by atoms with Crippen molar-refractivity contribution in [2.75, 3.05) is 55.1 Å². The molecule has 0 N–H and O–H groups in total. The number of amides is 1. The van der Waals surface area contributed by atoms with E-state index in [4.69, 9.17) is 18.7 Å². The molecule has 0 aliphatic rings. The third-order valence-electron chi connectivity index (χ3n) is 4.02. The molecule has 2 aromatic rings. The lowest BCUT2D eigenvalue weighted by molar-refractivity contribution is -0.136. The van der Waals surface area contributed by atoms with Crippen LogP contribution in [0.2, 0.25) is 0 Å². The van der Waals surface area contributed by atoms with Crippen molar-refractivity contribution in [3.05, 3.63) is 30.0 Å². The molecule has 0 atom stereocenters. The molecule has 1 heterocycles. The van der Waals surface area contributed by atoms with Crippen molar-refractivity contribution in [2.24, 2.45) is 0 Å². The molecular formula is C19H27N3O5. The van der Waals surface area contributed by atoms with Crippen LogP contribution in [0.1, 0.15) is 5.69 Å². The van der Waals surface area contributed by atoms with Gasteiger partial charge in [-0.05, 0) is 32.3 Å².